The van der Waals surface area contributed by atoms with Crippen LogP contribution in [-0.2, 0) is 11.3 Å². The van der Waals surface area contributed by atoms with E-state index in [-0.39, 0.29) is 18.9 Å². The minimum Gasteiger partial charge on any atom is -0.394 e. The van der Waals surface area contributed by atoms with Crippen LogP contribution in [0.2, 0.25) is 0 Å². The molecule has 0 spiro atoms. The Hall–Kier alpha value is -2.55. The third-order valence-electron chi connectivity index (χ3n) is 6.04. The Bertz CT molecular complexity index is 972. The Balaban J connectivity index is 1.39. The second-order valence-electron chi connectivity index (χ2n) is 8.25. The lowest BCUT2D eigenvalue weighted by molar-refractivity contribution is -0.135. The van der Waals surface area contributed by atoms with Gasteiger partial charge in [0.2, 0.25) is 0 Å². The average Bonchev–Trinajstić information content (AvgIpc) is 3.44. The largest absolute Gasteiger partial charge is 0.394 e. The number of imidazole rings is 1. The summed E-state index contributed by atoms with van der Waals surface area (Å²) in [5.74, 6) is 0.793. The molecule has 30 heavy (non-hydrogen) atoms. The number of morpholine rings is 1. The molecule has 1 aromatic carbocycles. The molecule has 2 aromatic heterocycles. The van der Waals surface area contributed by atoms with Crippen LogP contribution >= 0.6 is 0 Å². The molecule has 2 N–H and O–H groups in total. The van der Waals surface area contributed by atoms with Crippen molar-refractivity contribution in [2.75, 3.05) is 25.0 Å². The SMILES string of the molecule is OC[C@@H]1CN(Cc2ccccc2)C[C@H](n2cnc3c(NC4CCCC4)ncnc32)O1. The fourth-order valence-corrected chi connectivity index (χ4v) is 4.55. The highest BCUT2D eigenvalue weighted by Gasteiger charge is 2.30. The summed E-state index contributed by atoms with van der Waals surface area (Å²) in [6.45, 7) is 2.19. The molecule has 3 heterocycles. The summed E-state index contributed by atoms with van der Waals surface area (Å²) in [5, 5.41) is 13.3. The van der Waals surface area contributed by atoms with E-state index in [4.69, 9.17) is 4.74 Å². The Labute approximate surface area is 175 Å². The molecule has 2 atom stereocenters. The van der Waals surface area contributed by atoms with Gasteiger partial charge in [-0.25, -0.2) is 15.0 Å². The number of aliphatic hydroxyl groups is 1. The van der Waals surface area contributed by atoms with E-state index < -0.39 is 0 Å². The summed E-state index contributed by atoms with van der Waals surface area (Å²) in [6.07, 6.45) is 7.72. The summed E-state index contributed by atoms with van der Waals surface area (Å²) in [7, 11) is 0. The first kappa shape index (κ1) is 19.4. The van der Waals surface area contributed by atoms with Crippen LogP contribution in [0, 0.1) is 0 Å². The molecule has 0 bridgehead atoms. The van der Waals surface area contributed by atoms with Gasteiger partial charge in [-0.2, -0.15) is 0 Å². The zero-order valence-electron chi connectivity index (χ0n) is 17.0. The van der Waals surface area contributed by atoms with Crippen LogP contribution in [0.3, 0.4) is 0 Å². The number of nitrogens with one attached hydrogen (secondary N) is 1. The van der Waals surface area contributed by atoms with Crippen molar-refractivity contribution >= 4 is 17.0 Å². The van der Waals surface area contributed by atoms with Crippen LogP contribution in [0.15, 0.2) is 43.0 Å². The molecule has 1 aliphatic heterocycles. The van der Waals surface area contributed by atoms with Crippen molar-refractivity contribution < 1.29 is 9.84 Å². The average molecular weight is 409 g/mol. The van der Waals surface area contributed by atoms with Gasteiger partial charge in [-0.05, 0) is 18.4 Å². The quantitative estimate of drug-likeness (QED) is 0.648. The Morgan fingerprint density at radius 2 is 1.90 bits per heavy atom. The van der Waals surface area contributed by atoms with Gasteiger partial charge in [0.15, 0.2) is 17.0 Å². The number of benzene rings is 1. The lowest BCUT2D eigenvalue weighted by Gasteiger charge is -2.37. The standard InChI is InChI=1S/C22H28N6O2/c29-13-18-11-27(10-16-6-2-1-3-7-16)12-19(30-18)28-15-25-20-21(23-14-24-22(20)28)26-17-8-4-5-9-17/h1-3,6-7,14-15,17-19,29H,4-5,8-13H2,(H,23,24,26)/t18-,19+/m0/s1. The summed E-state index contributed by atoms with van der Waals surface area (Å²) < 4.78 is 8.15. The molecule has 0 radical (unpaired) electrons. The molecule has 5 rings (SSSR count). The number of rotatable bonds is 6. The van der Waals surface area contributed by atoms with Gasteiger partial charge in [-0.3, -0.25) is 9.47 Å². The number of nitrogens with zero attached hydrogens (tertiary/aromatic N) is 5. The van der Waals surface area contributed by atoms with E-state index in [0.29, 0.717) is 19.1 Å². The van der Waals surface area contributed by atoms with E-state index >= 15 is 0 Å². The van der Waals surface area contributed by atoms with E-state index in [1.807, 2.05) is 10.6 Å². The topological polar surface area (TPSA) is 88.3 Å². The van der Waals surface area contributed by atoms with Crippen molar-refractivity contribution in [2.45, 2.75) is 50.6 Å². The molecule has 2 aliphatic rings. The molecule has 0 unspecified atom stereocenters. The zero-order valence-corrected chi connectivity index (χ0v) is 17.0. The third kappa shape index (κ3) is 4.03. The van der Waals surface area contributed by atoms with Gasteiger partial charge >= 0.3 is 0 Å². The second kappa shape index (κ2) is 8.67. The maximum absolute atomic E-state index is 9.79. The Kier molecular flexibility index (Phi) is 5.61. The molecule has 158 valence electrons. The van der Waals surface area contributed by atoms with Crippen LogP contribution in [0.5, 0.6) is 0 Å². The molecule has 1 saturated carbocycles. The van der Waals surface area contributed by atoms with Gasteiger partial charge in [0.25, 0.3) is 0 Å². The smallest absolute Gasteiger partial charge is 0.167 e. The summed E-state index contributed by atoms with van der Waals surface area (Å²) in [5.41, 5.74) is 2.78. The number of hydrogen-bond acceptors (Lipinski definition) is 7. The van der Waals surface area contributed by atoms with Crippen molar-refractivity contribution in [2.24, 2.45) is 0 Å². The van der Waals surface area contributed by atoms with Gasteiger partial charge in [0.1, 0.15) is 12.6 Å². The van der Waals surface area contributed by atoms with Crippen molar-refractivity contribution in [3.63, 3.8) is 0 Å². The van der Waals surface area contributed by atoms with Crippen LogP contribution in [-0.4, -0.2) is 61.4 Å². The molecule has 0 amide bonds. The summed E-state index contributed by atoms with van der Waals surface area (Å²) in [4.78, 5) is 15.9. The number of aliphatic hydroxyl groups excluding tert-OH is 1. The number of ether oxygens (including phenoxy) is 1. The lowest BCUT2D eigenvalue weighted by Crippen LogP contribution is -2.46. The number of hydrogen-bond donors (Lipinski definition) is 2. The van der Waals surface area contributed by atoms with Crippen molar-refractivity contribution in [3.05, 3.63) is 48.5 Å². The van der Waals surface area contributed by atoms with Gasteiger partial charge in [-0.15, -0.1) is 0 Å². The highest BCUT2D eigenvalue weighted by Crippen LogP contribution is 2.28. The minimum atomic E-state index is -0.265. The normalized spacial score (nSPS) is 23.2. The first-order chi connectivity index (χ1) is 14.8. The maximum atomic E-state index is 9.79. The fourth-order valence-electron chi connectivity index (χ4n) is 4.55. The fraction of sp³-hybridized carbons (Fsp3) is 0.500. The zero-order chi connectivity index (χ0) is 20.3. The number of anilines is 1. The van der Waals surface area contributed by atoms with Crippen molar-refractivity contribution in [1.29, 1.82) is 0 Å². The summed E-state index contributed by atoms with van der Waals surface area (Å²) in [6, 6.07) is 10.8. The van der Waals surface area contributed by atoms with Crippen molar-refractivity contribution in [3.8, 4) is 0 Å². The minimum absolute atomic E-state index is 0.0160. The van der Waals surface area contributed by atoms with E-state index in [1.54, 1.807) is 12.7 Å². The Morgan fingerprint density at radius 1 is 1.07 bits per heavy atom. The van der Waals surface area contributed by atoms with Crippen LogP contribution < -0.4 is 5.32 Å². The second-order valence-corrected chi connectivity index (χ2v) is 8.25. The van der Waals surface area contributed by atoms with E-state index in [9.17, 15) is 5.11 Å². The van der Waals surface area contributed by atoms with Crippen LogP contribution in [0.4, 0.5) is 5.82 Å². The number of fused-ring (bicyclic) bond motifs is 1. The molecule has 2 fully saturated rings. The lowest BCUT2D eigenvalue weighted by atomic mass is 10.2. The van der Waals surface area contributed by atoms with E-state index in [0.717, 1.165) is 23.5 Å². The molecular weight excluding hydrogens is 380 g/mol. The van der Waals surface area contributed by atoms with Crippen LogP contribution in [0.1, 0.15) is 37.5 Å². The van der Waals surface area contributed by atoms with Crippen molar-refractivity contribution in [1.82, 2.24) is 24.4 Å². The van der Waals surface area contributed by atoms with Gasteiger partial charge in [-0.1, -0.05) is 43.2 Å². The highest BCUT2D eigenvalue weighted by atomic mass is 16.5. The first-order valence-electron chi connectivity index (χ1n) is 10.8. The first-order valence-corrected chi connectivity index (χ1v) is 10.8. The predicted octanol–water partition coefficient (Wildman–Crippen LogP) is 2.57. The predicted molar refractivity (Wildman–Crippen MR) is 114 cm³/mol. The van der Waals surface area contributed by atoms with Crippen LogP contribution in [0.25, 0.3) is 11.2 Å². The molecule has 1 saturated heterocycles. The molecular formula is C22H28N6O2. The molecule has 8 heteroatoms. The third-order valence-corrected chi connectivity index (χ3v) is 6.04. The van der Waals surface area contributed by atoms with Gasteiger partial charge in [0, 0.05) is 25.7 Å². The molecule has 3 aromatic rings. The van der Waals surface area contributed by atoms with Gasteiger partial charge in [0.05, 0.1) is 19.0 Å². The number of aromatic nitrogens is 4. The summed E-state index contributed by atoms with van der Waals surface area (Å²) >= 11 is 0. The Morgan fingerprint density at radius 3 is 2.70 bits per heavy atom. The van der Waals surface area contributed by atoms with E-state index in [2.05, 4.69) is 49.4 Å². The highest BCUT2D eigenvalue weighted by molar-refractivity contribution is 5.82. The maximum Gasteiger partial charge on any atom is 0.167 e. The molecule has 1 aliphatic carbocycles. The van der Waals surface area contributed by atoms with E-state index in [1.165, 1.54) is 31.2 Å². The molecule has 8 nitrogen and oxygen atoms in total. The monoisotopic (exact) mass is 408 g/mol. The van der Waals surface area contributed by atoms with Gasteiger partial charge < -0.3 is 15.2 Å².